The van der Waals surface area contributed by atoms with Crippen LogP contribution in [0.5, 0.6) is 0 Å². The first kappa shape index (κ1) is 24.5. The Morgan fingerprint density at radius 1 is 0.938 bits per heavy atom. The van der Waals surface area contributed by atoms with E-state index >= 15 is 0 Å². The van der Waals surface area contributed by atoms with Crippen LogP contribution in [0.4, 0.5) is 0 Å². The number of aryl methyl sites for hydroxylation is 1. The maximum absolute atomic E-state index is 13.2. The van der Waals surface area contributed by atoms with Crippen LogP contribution in [-0.2, 0) is 34.4 Å². The normalized spacial score (nSPS) is 20.6. The van der Waals surface area contributed by atoms with Crippen molar-refractivity contribution in [2.75, 3.05) is 20.4 Å². The Labute approximate surface area is 192 Å². The Kier molecular flexibility index (Phi) is 5.71. The van der Waals surface area contributed by atoms with E-state index in [1.165, 1.54) is 19.8 Å². The van der Waals surface area contributed by atoms with Gasteiger partial charge in [0, 0.05) is 0 Å². The molecule has 2 heterocycles. The first-order valence-corrected chi connectivity index (χ1v) is 13.5. The van der Waals surface area contributed by atoms with Crippen LogP contribution in [0.15, 0.2) is 34.6 Å². The predicted molar refractivity (Wildman–Crippen MR) is 131 cm³/mol. The van der Waals surface area contributed by atoms with Gasteiger partial charge >= 0.3 is 192 Å². The van der Waals surface area contributed by atoms with Gasteiger partial charge in [0.25, 0.3) is 0 Å². The first-order chi connectivity index (χ1) is 14.6. The number of esters is 2. The minimum atomic E-state index is -3.58. The minimum absolute atomic E-state index is 0.0119. The van der Waals surface area contributed by atoms with Gasteiger partial charge in [0.1, 0.15) is 0 Å². The molecule has 32 heavy (non-hydrogen) atoms. The van der Waals surface area contributed by atoms with Crippen LogP contribution in [0.25, 0.3) is 0 Å². The molecule has 0 atom stereocenters. The van der Waals surface area contributed by atoms with Crippen LogP contribution in [0, 0.1) is 6.92 Å². The van der Waals surface area contributed by atoms with Crippen LogP contribution < -0.4 is 5.30 Å². The summed E-state index contributed by atoms with van der Waals surface area (Å²) in [5.74, 6) is 0.986. The average molecular weight is 461 g/mol. The van der Waals surface area contributed by atoms with E-state index in [9.17, 15) is 9.59 Å². The molecule has 0 radical (unpaired) electrons. The Hall–Kier alpha value is -2.13. The average Bonchev–Trinajstić information content (AvgIpc) is 3.03. The molecule has 6 heteroatoms. The molecule has 2 aliphatic heterocycles. The Morgan fingerprint density at radius 2 is 1.53 bits per heavy atom. The number of hydrogen-bond donors (Lipinski definition) is 0. The summed E-state index contributed by atoms with van der Waals surface area (Å²) in [4.78, 5) is 25.8. The monoisotopic (exact) mass is 460 g/mol. The van der Waals surface area contributed by atoms with E-state index in [0.717, 1.165) is 28.4 Å². The summed E-state index contributed by atoms with van der Waals surface area (Å²) >= 11 is 0. The number of benzene rings is 1. The number of hydrogen-bond acceptors (Lipinski definition) is 5. The van der Waals surface area contributed by atoms with Crippen LogP contribution in [0.1, 0.15) is 71.6 Å². The summed E-state index contributed by atoms with van der Waals surface area (Å²) < 4.78 is 16.8. The Bertz CT molecular complexity index is 1070. The fraction of sp³-hybridized carbons (Fsp3) is 0.538. The van der Waals surface area contributed by atoms with E-state index in [1.54, 1.807) is 0 Å². The summed E-state index contributed by atoms with van der Waals surface area (Å²) in [5, 5.41) is 1.42. The van der Waals surface area contributed by atoms with Gasteiger partial charge in [0.05, 0.1) is 0 Å². The summed E-state index contributed by atoms with van der Waals surface area (Å²) in [7, 11) is 2.65. The van der Waals surface area contributed by atoms with Crippen molar-refractivity contribution in [1.29, 1.82) is 0 Å². The number of rotatable bonds is 3. The molecule has 0 bridgehead atoms. The quantitative estimate of drug-likeness (QED) is 0.435. The molecule has 0 amide bonds. The van der Waals surface area contributed by atoms with Gasteiger partial charge in [-0.3, -0.25) is 0 Å². The molecule has 5 nitrogen and oxygen atoms in total. The van der Waals surface area contributed by atoms with E-state index in [1.807, 2.05) is 0 Å². The second kappa shape index (κ2) is 7.45. The van der Waals surface area contributed by atoms with Crippen molar-refractivity contribution in [3.8, 4) is 0 Å². The van der Waals surface area contributed by atoms with Crippen LogP contribution in [0.3, 0.4) is 0 Å². The third-order valence-electron chi connectivity index (χ3n) is 6.66. The van der Waals surface area contributed by atoms with Crippen LogP contribution in [0.2, 0.25) is 0 Å². The van der Waals surface area contributed by atoms with Crippen molar-refractivity contribution in [2.45, 2.75) is 72.6 Å². The molecule has 0 N–H and O–H groups in total. The molecule has 0 fully saturated rings. The second-order valence-corrected chi connectivity index (χ2v) is 15.5. The molecule has 0 aliphatic carbocycles. The predicted octanol–water partition coefficient (Wildman–Crippen LogP) is 5.58. The molecular formula is C26H37O5P. The van der Waals surface area contributed by atoms with Gasteiger partial charge in [-0.05, 0) is 0 Å². The van der Waals surface area contributed by atoms with Gasteiger partial charge in [0.2, 0.25) is 0 Å². The molecule has 0 aromatic heterocycles. The third kappa shape index (κ3) is 3.41. The summed E-state index contributed by atoms with van der Waals surface area (Å²) in [6.45, 7) is 13.7. The first-order valence-electron chi connectivity index (χ1n) is 11.1. The van der Waals surface area contributed by atoms with Gasteiger partial charge < -0.3 is 0 Å². The Balaban J connectivity index is 2.51. The number of ether oxygens (including phenoxy) is 2. The fourth-order valence-electron chi connectivity index (χ4n) is 5.11. The third-order valence-corrected chi connectivity index (χ3v) is 12.3. The van der Waals surface area contributed by atoms with E-state index in [4.69, 9.17) is 14.0 Å². The van der Waals surface area contributed by atoms with Crippen molar-refractivity contribution in [1.82, 2.24) is 0 Å². The van der Waals surface area contributed by atoms with Gasteiger partial charge in [0.15, 0.2) is 0 Å². The molecule has 1 aromatic rings. The van der Waals surface area contributed by atoms with Crippen molar-refractivity contribution < 1.29 is 23.6 Å². The van der Waals surface area contributed by atoms with Crippen LogP contribution >= 0.6 is 6.83 Å². The van der Waals surface area contributed by atoms with E-state index in [2.05, 4.69) is 73.3 Å². The number of carbonyl (C=O) groups excluding carboxylic acids is 2. The molecule has 0 saturated carbocycles. The zero-order valence-electron chi connectivity index (χ0n) is 21.1. The topological polar surface area (TPSA) is 61.8 Å². The standard InChI is InChI=1S/C26H37O5P/c1-16-11-12-32(15-16,22(24(28)30-10)20(31-32)23(27)29-9)21-17(2)13-18(25(3,4)5)14-19(21)26(6,7)8/h13-15H,11-12H2,1-10H3. The number of methoxy groups -OCH3 is 2. The zero-order chi connectivity index (χ0) is 24.3. The van der Waals surface area contributed by atoms with Crippen molar-refractivity contribution >= 4 is 24.1 Å². The molecule has 1 aromatic carbocycles. The molecule has 1 spiro atoms. The molecule has 0 saturated heterocycles. The number of allylic oxidation sites excluding steroid dienone is 1. The van der Waals surface area contributed by atoms with Crippen LogP contribution in [-0.4, -0.2) is 32.3 Å². The summed E-state index contributed by atoms with van der Waals surface area (Å²) in [6.07, 6.45) is 1.46. The molecule has 3 rings (SSSR count). The van der Waals surface area contributed by atoms with E-state index < -0.39 is 18.8 Å². The van der Waals surface area contributed by atoms with E-state index in [-0.39, 0.29) is 16.6 Å². The fourth-order valence-corrected chi connectivity index (χ4v) is 11.6. The zero-order valence-corrected chi connectivity index (χ0v) is 22.0. The van der Waals surface area contributed by atoms with Gasteiger partial charge in [-0.2, -0.15) is 0 Å². The molecule has 2 aliphatic rings. The molecule has 176 valence electrons. The van der Waals surface area contributed by atoms with Gasteiger partial charge in [-0.15, -0.1) is 0 Å². The Morgan fingerprint density at radius 3 is 1.97 bits per heavy atom. The van der Waals surface area contributed by atoms with Gasteiger partial charge in [-0.1, -0.05) is 0 Å². The SMILES string of the molecule is COC(=O)C1=C(C(=O)OC)P2(c3c(C)cc(C(C)(C)C)cc3C(C)(C)C)(C=C(C)CC2)O1. The van der Waals surface area contributed by atoms with Gasteiger partial charge in [-0.25, -0.2) is 0 Å². The summed E-state index contributed by atoms with van der Waals surface area (Å²) in [5.41, 5.74) is 4.39. The molecule has 0 unspecified atom stereocenters. The molecular weight excluding hydrogens is 423 g/mol. The van der Waals surface area contributed by atoms with Crippen molar-refractivity contribution in [2.24, 2.45) is 0 Å². The number of carbonyl (C=O) groups is 2. The van der Waals surface area contributed by atoms with Crippen molar-refractivity contribution in [3.63, 3.8) is 0 Å². The summed E-state index contributed by atoms with van der Waals surface area (Å²) in [6, 6.07) is 4.47. The second-order valence-electron chi connectivity index (χ2n) is 11.2. The van der Waals surface area contributed by atoms with E-state index in [0.29, 0.717) is 11.5 Å². The maximum atomic E-state index is 13.2. The van der Waals surface area contributed by atoms with Crippen molar-refractivity contribution in [3.05, 3.63) is 51.3 Å².